The fourth-order valence-corrected chi connectivity index (χ4v) is 6.76. The number of methoxy groups -OCH3 is 1. The summed E-state index contributed by atoms with van der Waals surface area (Å²) in [4.78, 5) is 0. The monoisotopic (exact) mass is 566 g/mol. The van der Waals surface area contributed by atoms with E-state index in [0.717, 1.165) is 37.1 Å². The summed E-state index contributed by atoms with van der Waals surface area (Å²) in [7, 11) is 1.80. The Bertz CT molecular complexity index is 1020. The molecule has 35 heavy (non-hydrogen) atoms. The van der Waals surface area contributed by atoms with Gasteiger partial charge in [-0.3, -0.25) is 0 Å². The van der Waals surface area contributed by atoms with Crippen LogP contribution in [0.15, 0.2) is 24.3 Å². The lowest BCUT2D eigenvalue weighted by Gasteiger charge is -2.38. The molecule has 0 aromatic heterocycles. The van der Waals surface area contributed by atoms with Gasteiger partial charge in [0, 0.05) is 17.6 Å². The van der Waals surface area contributed by atoms with E-state index < -0.39 is 0 Å². The Morgan fingerprint density at radius 3 is 1.94 bits per heavy atom. The van der Waals surface area contributed by atoms with Crippen molar-refractivity contribution in [2.75, 3.05) is 20.2 Å². The number of benzene rings is 2. The van der Waals surface area contributed by atoms with Gasteiger partial charge in [-0.15, -0.1) is 29.4 Å². The fraction of sp³-hybridized carbons (Fsp3) is 0.571. The second-order valence-corrected chi connectivity index (χ2v) is 10.2. The van der Waals surface area contributed by atoms with Crippen molar-refractivity contribution >= 4 is 29.4 Å². The highest BCUT2D eigenvalue weighted by molar-refractivity contribution is 8.93. The molecule has 4 atom stereocenters. The number of aromatic hydroxyl groups is 2. The van der Waals surface area contributed by atoms with Crippen molar-refractivity contribution < 1.29 is 14.9 Å². The van der Waals surface area contributed by atoms with Crippen molar-refractivity contribution in [3.05, 3.63) is 52.1 Å². The molecule has 2 aromatic rings. The lowest BCUT2D eigenvalue weighted by Crippen LogP contribution is -2.42. The zero-order valence-corrected chi connectivity index (χ0v) is 23.3. The van der Waals surface area contributed by atoms with Crippen LogP contribution in [-0.2, 0) is 12.8 Å². The van der Waals surface area contributed by atoms with Crippen molar-refractivity contribution in [1.82, 2.24) is 10.6 Å². The molecule has 2 saturated heterocycles. The van der Waals surface area contributed by atoms with Gasteiger partial charge in [-0.25, -0.2) is 0 Å². The molecule has 0 spiro atoms. The maximum Gasteiger partial charge on any atom is 0.160 e. The van der Waals surface area contributed by atoms with E-state index in [2.05, 4.69) is 29.7 Å². The predicted molar refractivity (Wildman–Crippen MR) is 149 cm³/mol. The summed E-state index contributed by atoms with van der Waals surface area (Å²) in [6, 6.07) is 9.40. The van der Waals surface area contributed by atoms with Crippen molar-refractivity contribution in [3.63, 3.8) is 0 Å². The summed E-state index contributed by atoms with van der Waals surface area (Å²) in [5.41, 5.74) is 6.48. The number of halogens is 2. The summed E-state index contributed by atoms with van der Waals surface area (Å²) >= 11 is 0. The van der Waals surface area contributed by atoms with Crippen LogP contribution in [0.5, 0.6) is 17.2 Å². The van der Waals surface area contributed by atoms with Crippen LogP contribution in [0.4, 0.5) is 0 Å². The van der Waals surface area contributed by atoms with Crippen LogP contribution >= 0.6 is 29.4 Å². The summed E-state index contributed by atoms with van der Waals surface area (Å²) in [5.74, 6) is 2.47. The van der Waals surface area contributed by atoms with Gasteiger partial charge in [-0.1, -0.05) is 18.2 Å². The SMILES string of the molecule is Br.COc1c(C)ccc2c1CC[C@@H]1NCCC[C@@H]21.Cl.Oc1ccc2c(c1O)CC[C@@H]1NCCC[C@@H]21. The van der Waals surface area contributed by atoms with E-state index >= 15 is 0 Å². The van der Waals surface area contributed by atoms with Crippen molar-refractivity contribution in [2.24, 2.45) is 0 Å². The molecule has 0 bridgehead atoms. The molecule has 2 aliphatic carbocycles. The average molecular weight is 568 g/mol. The Kier molecular flexibility index (Phi) is 9.78. The van der Waals surface area contributed by atoms with Gasteiger partial charge in [-0.05, 0) is 112 Å². The molecule has 0 unspecified atom stereocenters. The number of hydrogen-bond donors (Lipinski definition) is 4. The van der Waals surface area contributed by atoms with Gasteiger partial charge in [-0.2, -0.15) is 0 Å². The average Bonchev–Trinajstić information content (AvgIpc) is 2.86. The van der Waals surface area contributed by atoms with Crippen LogP contribution < -0.4 is 15.4 Å². The summed E-state index contributed by atoms with van der Waals surface area (Å²) < 4.78 is 5.60. The highest BCUT2D eigenvalue weighted by atomic mass is 79.9. The molecule has 0 radical (unpaired) electrons. The molecule has 194 valence electrons. The second-order valence-electron chi connectivity index (χ2n) is 10.2. The third kappa shape index (κ3) is 5.46. The summed E-state index contributed by atoms with van der Waals surface area (Å²) in [5, 5.41) is 26.6. The maximum atomic E-state index is 9.86. The number of rotatable bonds is 1. The molecular formula is C28H40BrClN2O3. The molecular weight excluding hydrogens is 528 g/mol. The number of phenolic OH excluding ortho intramolecular Hbond substituents is 2. The third-order valence-corrected chi connectivity index (χ3v) is 8.37. The number of aryl methyl sites for hydroxylation is 1. The minimum atomic E-state index is 0. The van der Waals surface area contributed by atoms with Crippen molar-refractivity contribution in [3.8, 4) is 17.2 Å². The van der Waals surface area contributed by atoms with E-state index in [1.54, 1.807) is 13.2 Å². The van der Waals surface area contributed by atoms with Crippen LogP contribution in [0.1, 0.15) is 78.2 Å². The van der Waals surface area contributed by atoms with E-state index in [1.807, 2.05) is 6.07 Å². The number of nitrogens with one attached hydrogen (secondary N) is 2. The van der Waals surface area contributed by atoms with E-state index in [4.69, 9.17) is 4.74 Å². The van der Waals surface area contributed by atoms with Crippen LogP contribution in [0.2, 0.25) is 0 Å². The highest BCUT2D eigenvalue weighted by Crippen LogP contribution is 2.44. The van der Waals surface area contributed by atoms with Gasteiger partial charge in [0.2, 0.25) is 0 Å². The normalized spacial score (nSPS) is 26.1. The summed E-state index contributed by atoms with van der Waals surface area (Å²) in [6.45, 7) is 4.45. The first kappa shape index (κ1) is 28.1. The Labute approximate surface area is 226 Å². The standard InChI is InChI=1S/C15H21NO.C13H17NO2.BrH.ClH/c1-10-5-6-11-12-4-3-9-16-14(12)8-7-13(11)15(10)17-2;15-12-6-4-8-9-2-1-7-14-11(9)5-3-10(8)13(12)16;;/h5-6,12,14,16H,3-4,7-9H2,1-2H3;4,6,9,11,14-16H,1-3,5,7H2;2*1H/t12-,14-;9-,11-;;/m00../s1. The second kappa shape index (κ2) is 12.2. The van der Waals surface area contributed by atoms with Gasteiger partial charge < -0.3 is 25.6 Å². The predicted octanol–water partition coefficient (Wildman–Crippen LogP) is 5.66. The quantitative estimate of drug-likeness (QED) is 0.335. The molecule has 0 amide bonds. The Hall–Kier alpha value is -1.47. The number of ether oxygens (including phenoxy) is 1. The molecule has 4 N–H and O–H groups in total. The first-order valence-electron chi connectivity index (χ1n) is 12.7. The first-order chi connectivity index (χ1) is 16.1. The lowest BCUT2D eigenvalue weighted by atomic mass is 9.74. The Morgan fingerprint density at radius 2 is 1.34 bits per heavy atom. The number of phenols is 2. The van der Waals surface area contributed by atoms with Crippen LogP contribution in [-0.4, -0.2) is 42.5 Å². The molecule has 0 saturated carbocycles. The largest absolute Gasteiger partial charge is 0.504 e. The fourth-order valence-electron chi connectivity index (χ4n) is 6.76. The molecule has 7 heteroatoms. The molecule has 6 rings (SSSR count). The van der Waals surface area contributed by atoms with Crippen LogP contribution in [0.3, 0.4) is 0 Å². The van der Waals surface area contributed by atoms with E-state index in [1.165, 1.54) is 60.9 Å². The number of hydrogen-bond acceptors (Lipinski definition) is 5. The van der Waals surface area contributed by atoms with Gasteiger partial charge in [0.25, 0.3) is 0 Å². The molecule has 2 aromatic carbocycles. The third-order valence-electron chi connectivity index (χ3n) is 8.37. The molecule has 5 nitrogen and oxygen atoms in total. The van der Waals surface area contributed by atoms with E-state index in [0.29, 0.717) is 23.9 Å². The Balaban J connectivity index is 0.000000185. The van der Waals surface area contributed by atoms with E-state index in [-0.39, 0.29) is 40.9 Å². The first-order valence-corrected chi connectivity index (χ1v) is 12.7. The van der Waals surface area contributed by atoms with E-state index in [9.17, 15) is 10.2 Å². The number of fused-ring (bicyclic) bond motifs is 6. The molecule has 2 aliphatic heterocycles. The number of piperidine rings is 2. The van der Waals surface area contributed by atoms with Gasteiger partial charge in [0.05, 0.1) is 7.11 Å². The zero-order valence-electron chi connectivity index (χ0n) is 20.8. The maximum absolute atomic E-state index is 9.86. The van der Waals surface area contributed by atoms with Crippen molar-refractivity contribution in [2.45, 2.75) is 82.2 Å². The zero-order chi connectivity index (χ0) is 22.9. The van der Waals surface area contributed by atoms with Gasteiger partial charge >= 0.3 is 0 Å². The molecule has 2 fully saturated rings. The van der Waals surface area contributed by atoms with Crippen LogP contribution in [0, 0.1) is 6.92 Å². The highest BCUT2D eigenvalue weighted by Gasteiger charge is 2.34. The molecule has 2 heterocycles. The smallest absolute Gasteiger partial charge is 0.160 e. The lowest BCUT2D eigenvalue weighted by molar-refractivity contribution is 0.312. The van der Waals surface area contributed by atoms with Gasteiger partial charge in [0.15, 0.2) is 11.5 Å². The molecule has 4 aliphatic rings. The van der Waals surface area contributed by atoms with Crippen molar-refractivity contribution in [1.29, 1.82) is 0 Å². The minimum absolute atomic E-state index is 0. The Morgan fingerprint density at radius 1 is 0.800 bits per heavy atom. The topological polar surface area (TPSA) is 73.8 Å². The summed E-state index contributed by atoms with van der Waals surface area (Å²) in [6.07, 6.45) is 9.37. The van der Waals surface area contributed by atoms with Crippen LogP contribution in [0.25, 0.3) is 0 Å². The van der Waals surface area contributed by atoms with Gasteiger partial charge in [0.1, 0.15) is 5.75 Å². The minimum Gasteiger partial charge on any atom is -0.504 e.